The molecular formula is C17H20BrN3OSi. The number of rotatable bonds is 5. The molecule has 0 fully saturated rings. The Morgan fingerprint density at radius 1 is 1.26 bits per heavy atom. The molecule has 1 aromatic carbocycles. The van der Waals surface area contributed by atoms with Crippen molar-refractivity contribution in [2.45, 2.75) is 45.0 Å². The lowest BCUT2D eigenvalue weighted by Gasteiger charge is -2.21. The molecule has 0 amide bonds. The molecule has 0 saturated heterocycles. The highest BCUT2D eigenvalue weighted by atomic mass is 79.9. The van der Waals surface area contributed by atoms with E-state index in [1.54, 1.807) is 12.1 Å². The topological polar surface area (TPSA) is 82.8 Å². The molecule has 1 rings (SSSR count). The van der Waals surface area contributed by atoms with Crippen LogP contribution in [0.2, 0.25) is 19.6 Å². The van der Waals surface area contributed by atoms with Crippen molar-refractivity contribution in [2.24, 2.45) is 0 Å². The predicted molar refractivity (Wildman–Crippen MR) is 97.8 cm³/mol. The zero-order valence-corrected chi connectivity index (χ0v) is 16.2. The van der Waals surface area contributed by atoms with Gasteiger partial charge >= 0.3 is 0 Å². The minimum atomic E-state index is -1.70. The third kappa shape index (κ3) is 6.88. The molecule has 6 heteroatoms. The highest BCUT2D eigenvalue weighted by Crippen LogP contribution is 2.22. The van der Waals surface area contributed by atoms with Gasteiger partial charge in [-0.2, -0.15) is 10.5 Å². The molecule has 0 bridgehead atoms. The molecule has 1 atom stereocenters. The van der Waals surface area contributed by atoms with Gasteiger partial charge in [0.1, 0.15) is 12.2 Å². The highest BCUT2D eigenvalue weighted by Gasteiger charge is 2.20. The van der Waals surface area contributed by atoms with Crippen LogP contribution < -0.4 is 5.73 Å². The van der Waals surface area contributed by atoms with Gasteiger partial charge in [0.05, 0.1) is 17.3 Å². The Hall–Kier alpha value is -1.78. The number of nitriles is 2. The summed E-state index contributed by atoms with van der Waals surface area (Å²) in [7, 11) is -1.70. The van der Waals surface area contributed by atoms with Crippen molar-refractivity contribution < 1.29 is 4.43 Å². The number of nitrogen functional groups attached to an aromatic ring is 1. The van der Waals surface area contributed by atoms with Crippen LogP contribution in [0.3, 0.4) is 0 Å². The van der Waals surface area contributed by atoms with Crippen LogP contribution >= 0.6 is 15.9 Å². The number of halogens is 1. The lowest BCUT2D eigenvalue weighted by atomic mass is 10.1. The van der Waals surface area contributed by atoms with Gasteiger partial charge in [0.25, 0.3) is 0 Å². The first-order valence-corrected chi connectivity index (χ1v) is 11.5. The molecular weight excluding hydrogens is 370 g/mol. The van der Waals surface area contributed by atoms with Crippen LogP contribution in [0.15, 0.2) is 16.6 Å². The van der Waals surface area contributed by atoms with Gasteiger partial charge in [-0.1, -0.05) is 27.8 Å². The first-order chi connectivity index (χ1) is 10.8. The predicted octanol–water partition coefficient (Wildman–Crippen LogP) is 4.17. The molecule has 0 aliphatic rings. The first-order valence-electron chi connectivity index (χ1n) is 7.32. The number of hydrogen-bond acceptors (Lipinski definition) is 4. The minimum absolute atomic E-state index is 0.357. The fourth-order valence-electron chi connectivity index (χ4n) is 1.92. The van der Waals surface area contributed by atoms with Crippen molar-refractivity contribution in [3.63, 3.8) is 0 Å². The maximum Gasteiger partial charge on any atom is 0.185 e. The van der Waals surface area contributed by atoms with E-state index >= 15 is 0 Å². The van der Waals surface area contributed by atoms with Crippen molar-refractivity contribution in [2.75, 3.05) is 5.73 Å². The van der Waals surface area contributed by atoms with E-state index in [1.165, 1.54) is 0 Å². The Balaban J connectivity index is 2.62. The van der Waals surface area contributed by atoms with Crippen LogP contribution in [0, 0.1) is 34.5 Å². The SMILES string of the molecule is C[Si](C)(C)OC(C#N)CCCC#Cc1cc(Br)cc(C#N)c1N. The number of hydrogen-bond donors (Lipinski definition) is 1. The van der Waals surface area contributed by atoms with E-state index in [2.05, 4.69) is 59.6 Å². The van der Waals surface area contributed by atoms with Gasteiger partial charge in [-0.05, 0) is 44.6 Å². The van der Waals surface area contributed by atoms with Crippen LogP contribution in [0.4, 0.5) is 5.69 Å². The molecule has 23 heavy (non-hydrogen) atoms. The average molecular weight is 390 g/mol. The van der Waals surface area contributed by atoms with Crippen molar-refractivity contribution in [1.29, 1.82) is 10.5 Å². The largest absolute Gasteiger partial charge is 0.402 e. The van der Waals surface area contributed by atoms with Gasteiger partial charge < -0.3 is 10.2 Å². The molecule has 0 spiro atoms. The van der Waals surface area contributed by atoms with E-state index in [4.69, 9.17) is 20.7 Å². The Labute approximate surface area is 147 Å². The van der Waals surface area contributed by atoms with Crippen molar-refractivity contribution in [1.82, 2.24) is 0 Å². The number of nitrogens with two attached hydrogens (primary N) is 1. The third-order valence-electron chi connectivity index (χ3n) is 2.90. The molecule has 0 heterocycles. The van der Waals surface area contributed by atoms with Crippen LogP contribution in [0.1, 0.15) is 30.4 Å². The fraction of sp³-hybridized carbons (Fsp3) is 0.412. The summed E-state index contributed by atoms with van der Waals surface area (Å²) in [6.07, 6.45) is 1.76. The summed E-state index contributed by atoms with van der Waals surface area (Å²) in [6, 6.07) is 7.73. The Morgan fingerprint density at radius 3 is 2.48 bits per heavy atom. The van der Waals surface area contributed by atoms with Gasteiger partial charge in [-0.15, -0.1) is 0 Å². The van der Waals surface area contributed by atoms with Crippen molar-refractivity contribution >= 4 is 29.9 Å². The van der Waals surface area contributed by atoms with Crippen LogP contribution in [-0.4, -0.2) is 14.4 Å². The summed E-state index contributed by atoms with van der Waals surface area (Å²) < 4.78 is 6.56. The van der Waals surface area contributed by atoms with Gasteiger partial charge in [0.15, 0.2) is 8.32 Å². The molecule has 0 aromatic heterocycles. The number of benzene rings is 1. The van der Waals surface area contributed by atoms with E-state index in [-0.39, 0.29) is 6.10 Å². The average Bonchev–Trinajstić information content (AvgIpc) is 2.47. The lowest BCUT2D eigenvalue weighted by Crippen LogP contribution is -2.31. The first kappa shape index (κ1) is 19.3. The summed E-state index contributed by atoms with van der Waals surface area (Å²) in [5, 5.41) is 18.1. The molecule has 1 unspecified atom stereocenters. The summed E-state index contributed by atoms with van der Waals surface area (Å²) in [5.41, 5.74) is 7.37. The van der Waals surface area contributed by atoms with Gasteiger partial charge in [-0.3, -0.25) is 0 Å². The highest BCUT2D eigenvalue weighted by molar-refractivity contribution is 9.10. The Bertz CT molecular complexity index is 702. The zero-order chi connectivity index (χ0) is 17.5. The van der Waals surface area contributed by atoms with Gasteiger partial charge in [-0.25, -0.2) is 0 Å². The number of nitrogens with zero attached hydrogens (tertiary/aromatic N) is 2. The molecule has 4 nitrogen and oxygen atoms in total. The van der Waals surface area contributed by atoms with Gasteiger partial charge in [0, 0.05) is 16.5 Å². The van der Waals surface area contributed by atoms with Crippen LogP contribution in [0.25, 0.3) is 0 Å². The molecule has 0 radical (unpaired) electrons. The molecule has 0 saturated carbocycles. The van der Waals surface area contributed by atoms with Crippen LogP contribution in [-0.2, 0) is 4.43 Å². The van der Waals surface area contributed by atoms with E-state index in [1.807, 2.05) is 0 Å². The second-order valence-electron chi connectivity index (χ2n) is 6.07. The molecule has 120 valence electrons. The minimum Gasteiger partial charge on any atom is -0.402 e. The number of anilines is 1. The van der Waals surface area contributed by atoms with Gasteiger partial charge in [0.2, 0.25) is 0 Å². The van der Waals surface area contributed by atoms with E-state index in [0.29, 0.717) is 29.7 Å². The summed E-state index contributed by atoms with van der Waals surface area (Å²) >= 11 is 3.34. The standard InChI is InChI=1S/C17H20BrN3OSi/c1-23(2,3)22-16(12-20)8-6-4-5-7-13-9-15(18)10-14(11-19)17(13)21/h9-10,16H,4,6,8,21H2,1-3H3. The second-order valence-corrected chi connectivity index (χ2v) is 11.4. The second kappa shape index (κ2) is 8.75. The third-order valence-corrected chi connectivity index (χ3v) is 4.35. The zero-order valence-electron chi connectivity index (χ0n) is 13.6. The van der Waals surface area contributed by atoms with E-state index < -0.39 is 8.32 Å². The maximum atomic E-state index is 9.11. The monoisotopic (exact) mass is 389 g/mol. The number of unbranched alkanes of at least 4 members (excludes halogenated alkanes) is 1. The molecule has 0 aliphatic carbocycles. The Kier molecular flexibility index (Phi) is 7.33. The fourth-order valence-corrected chi connectivity index (χ4v) is 3.41. The van der Waals surface area contributed by atoms with Crippen molar-refractivity contribution in [3.05, 3.63) is 27.7 Å². The normalized spacial score (nSPS) is 11.7. The maximum absolute atomic E-state index is 9.11. The summed E-state index contributed by atoms with van der Waals surface area (Å²) in [6.45, 7) is 6.21. The quantitative estimate of drug-likeness (QED) is 0.354. The van der Waals surface area contributed by atoms with Crippen molar-refractivity contribution in [3.8, 4) is 24.0 Å². The Morgan fingerprint density at radius 2 is 1.91 bits per heavy atom. The van der Waals surface area contributed by atoms with Crippen LogP contribution in [0.5, 0.6) is 0 Å². The summed E-state index contributed by atoms with van der Waals surface area (Å²) in [5.74, 6) is 6.05. The molecule has 0 aliphatic heterocycles. The smallest absolute Gasteiger partial charge is 0.185 e. The molecule has 2 N–H and O–H groups in total. The molecule has 1 aromatic rings. The lowest BCUT2D eigenvalue weighted by molar-refractivity contribution is 0.235. The van der Waals surface area contributed by atoms with E-state index in [0.717, 1.165) is 10.9 Å². The summed E-state index contributed by atoms with van der Waals surface area (Å²) in [4.78, 5) is 0. The van der Waals surface area contributed by atoms with E-state index in [9.17, 15) is 0 Å².